The van der Waals surface area contributed by atoms with E-state index < -0.39 is 61.3 Å². The summed E-state index contributed by atoms with van der Waals surface area (Å²) in [4.78, 5) is 58.6. The minimum absolute atomic E-state index is 0.101. The third kappa shape index (κ3) is 2.39. The van der Waals surface area contributed by atoms with Crippen molar-refractivity contribution in [2.45, 2.75) is 62.1 Å². The second kappa shape index (κ2) is 8.09. The number of para-hydroxylation sites is 2. The summed E-state index contributed by atoms with van der Waals surface area (Å²) in [5.41, 5.74) is 0.336. The van der Waals surface area contributed by atoms with Crippen LogP contribution in [0.4, 0.5) is 11.4 Å². The Morgan fingerprint density at radius 2 is 1.43 bits per heavy atom. The van der Waals surface area contributed by atoms with Crippen LogP contribution < -0.4 is 10.6 Å². The molecule has 238 valence electrons. The molecule has 0 aliphatic carbocycles. The molecule has 4 N–H and O–H groups in total. The van der Waals surface area contributed by atoms with Gasteiger partial charge in [-0.25, -0.2) is 0 Å². The highest BCUT2D eigenvalue weighted by atomic mass is 33.1. The van der Waals surface area contributed by atoms with Gasteiger partial charge in [-0.05, 0) is 51.8 Å². The van der Waals surface area contributed by atoms with Crippen LogP contribution in [0.25, 0.3) is 0 Å². The fourth-order valence-electron chi connectivity index (χ4n) is 9.86. The number of rotatable bonds is 2. The molecule has 8 saturated heterocycles. The minimum Gasteiger partial charge on any atom is -0.392 e. The maximum Gasteiger partial charge on any atom is 0.265 e. The molecule has 10 heterocycles. The molecule has 0 radical (unpaired) electrons. The van der Waals surface area contributed by atoms with Gasteiger partial charge in [-0.15, -0.1) is 0 Å². The molecule has 2 spiro atoms. The Balaban J connectivity index is 1.32. The van der Waals surface area contributed by atoms with Crippen molar-refractivity contribution in [2.24, 2.45) is 0 Å². The minimum atomic E-state index is -1.67. The zero-order chi connectivity index (χ0) is 32.0. The first kappa shape index (κ1) is 28.3. The van der Waals surface area contributed by atoms with Gasteiger partial charge in [0, 0.05) is 31.9 Å². The lowest BCUT2D eigenvalue weighted by Gasteiger charge is -2.58. The number of aliphatic hydroxyl groups excluding tert-OH is 2. The molecule has 0 aromatic heterocycles. The Bertz CT molecular complexity index is 1880. The first-order chi connectivity index (χ1) is 21.9. The van der Waals surface area contributed by atoms with Gasteiger partial charge in [-0.3, -0.25) is 29.0 Å². The van der Waals surface area contributed by atoms with Crippen LogP contribution in [-0.2, 0) is 30.0 Å². The quantitative estimate of drug-likeness (QED) is 0.336. The average molecular weight is 697 g/mol. The number of piperazine rings is 2. The Morgan fingerprint density at radius 1 is 0.783 bits per heavy atom. The predicted octanol–water partition coefficient (Wildman–Crippen LogP) is 1.33. The number of carbonyl (C=O) groups is 4. The zero-order valence-corrected chi connectivity index (χ0v) is 28.0. The van der Waals surface area contributed by atoms with E-state index in [0.29, 0.717) is 5.69 Å². The van der Waals surface area contributed by atoms with Gasteiger partial charge in [0.25, 0.3) is 23.6 Å². The van der Waals surface area contributed by atoms with Gasteiger partial charge < -0.3 is 30.6 Å². The number of hydrogen-bond donors (Lipinski definition) is 4. The van der Waals surface area contributed by atoms with Crippen LogP contribution in [0.2, 0.25) is 0 Å². The monoisotopic (exact) mass is 696 g/mol. The molecule has 12 nitrogen and oxygen atoms in total. The van der Waals surface area contributed by atoms with Gasteiger partial charge in [-0.2, -0.15) is 0 Å². The molecule has 4 amide bonds. The lowest BCUT2D eigenvalue weighted by atomic mass is 9.53. The summed E-state index contributed by atoms with van der Waals surface area (Å²) in [7, 11) is 8.13. The molecule has 0 saturated carbocycles. The van der Waals surface area contributed by atoms with Crippen molar-refractivity contribution in [2.75, 3.05) is 31.3 Å². The standard InChI is InChI=1S/C30H28N6O6S4/c1-25-21(39)36-20-29(15-9-5-7-11-17(15)32-20,18(38)30(36,46-43-25)24(42)33(25)2)26-12-27-22(40)34(3)28(13-37,45-44-27)23(41)35(27)19(26)31-16-10-6-4-8-14(16)26/h4-11,18-20,31-32,37-38H,12-13H2,1-3H3/t18?,19-,20+,25+,26+,27+,28+,29+,30+/m1/s1. The fourth-order valence-corrected chi connectivity index (χ4v) is 17.0. The van der Waals surface area contributed by atoms with Crippen LogP contribution in [0, 0.1) is 0 Å². The van der Waals surface area contributed by atoms with E-state index in [1.54, 1.807) is 30.8 Å². The summed E-state index contributed by atoms with van der Waals surface area (Å²) >= 11 is 0. The van der Waals surface area contributed by atoms with Gasteiger partial charge >= 0.3 is 0 Å². The molecular weight excluding hydrogens is 669 g/mol. The number of anilines is 2. The third-order valence-electron chi connectivity index (χ3n) is 12.0. The van der Waals surface area contributed by atoms with Crippen molar-refractivity contribution in [3.8, 4) is 0 Å². The molecular formula is C30H28N6O6S4. The van der Waals surface area contributed by atoms with Crippen molar-refractivity contribution < 1.29 is 29.4 Å². The summed E-state index contributed by atoms with van der Waals surface area (Å²) < 4.78 is 0. The summed E-state index contributed by atoms with van der Waals surface area (Å²) in [5.74, 6) is -1.35. The number of hydrogen-bond acceptors (Lipinski definition) is 12. The number of nitrogens with one attached hydrogen (secondary N) is 2. The van der Waals surface area contributed by atoms with Gasteiger partial charge in [0.05, 0.1) is 17.4 Å². The average Bonchev–Trinajstić information content (AvgIpc) is 3.73. The van der Waals surface area contributed by atoms with E-state index in [2.05, 4.69) is 10.6 Å². The first-order valence-corrected chi connectivity index (χ1v) is 19.2. The van der Waals surface area contributed by atoms with E-state index in [4.69, 9.17) is 0 Å². The van der Waals surface area contributed by atoms with Crippen LogP contribution in [0.15, 0.2) is 48.5 Å². The fraction of sp³-hybridized carbons (Fsp3) is 0.467. The van der Waals surface area contributed by atoms with E-state index >= 15 is 0 Å². The van der Waals surface area contributed by atoms with Crippen molar-refractivity contribution in [1.29, 1.82) is 0 Å². The smallest absolute Gasteiger partial charge is 0.265 e. The van der Waals surface area contributed by atoms with Crippen LogP contribution in [0.5, 0.6) is 0 Å². The number of benzene rings is 2. The molecule has 10 aliphatic heterocycles. The van der Waals surface area contributed by atoms with E-state index in [1.807, 2.05) is 48.5 Å². The normalized spacial score (nSPS) is 45.4. The highest BCUT2D eigenvalue weighted by Crippen LogP contribution is 2.78. The number of carbonyl (C=O) groups excluding carboxylic acids is 4. The SMILES string of the molecule is CN1C(=O)[C@]23SS[C@@]1(C)C(=O)N2[C@@H]1Nc2ccccc2[C@]1([C@]12C[C@@]45SS[C@@](CO)(C(=O)N4[C@H]1Nc1ccccc12)N(C)C5=O)C3O. The second-order valence-corrected chi connectivity index (χ2v) is 18.9. The molecule has 12 rings (SSSR count). The van der Waals surface area contributed by atoms with Crippen molar-refractivity contribution in [3.63, 3.8) is 0 Å². The predicted molar refractivity (Wildman–Crippen MR) is 175 cm³/mol. The number of amides is 4. The van der Waals surface area contributed by atoms with Crippen molar-refractivity contribution in [1.82, 2.24) is 19.6 Å². The van der Waals surface area contributed by atoms with Gasteiger partial charge in [0.15, 0.2) is 9.74 Å². The second-order valence-electron chi connectivity index (χ2n) is 13.4. The van der Waals surface area contributed by atoms with Gasteiger partial charge in [0.1, 0.15) is 18.4 Å². The molecule has 10 aliphatic rings. The van der Waals surface area contributed by atoms with E-state index in [1.165, 1.54) is 53.0 Å². The third-order valence-corrected chi connectivity index (χ3v) is 19.4. The molecule has 2 aromatic carbocycles. The van der Waals surface area contributed by atoms with Crippen LogP contribution in [-0.4, -0.2) is 112 Å². The topological polar surface area (TPSA) is 146 Å². The molecule has 16 heteroatoms. The summed E-state index contributed by atoms with van der Waals surface area (Å²) in [6.45, 7) is 1.17. The van der Waals surface area contributed by atoms with Gasteiger partial charge in [0.2, 0.25) is 9.74 Å². The van der Waals surface area contributed by atoms with Crippen molar-refractivity contribution >= 4 is 78.2 Å². The number of likely N-dealkylation sites (N-methyl/N-ethyl adjacent to an activating group) is 2. The number of nitrogens with zero attached hydrogens (tertiary/aromatic N) is 4. The number of aliphatic hydroxyl groups is 2. The summed E-state index contributed by atoms with van der Waals surface area (Å²) in [6, 6.07) is 15.3. The van der Waals surface area contributed by atoms with Crippen LogP contribution in [0.3, 0.4) is 0 Å². The number of fused-ring (bicyclic) bond motifs is 11. The van der Waals surface area contributed by atoms with E-state index in [-0.39, 0.29) is 24.1 Å². The van der Waals surface area contributed by atoms with Crippen molar-refractivity contribution in [3.05, 3.63) is 59.7 Å². The van der Waals surface area contributed by atoms with E-state index in [0.717, 1.165) is 16.8 Å². The molecule has 1 unspecified atom stereocenters. The Kier molecular flexibility index (Phi) is 4.97. The lowest BCUT2D eigenvalue weighted by molar-refractivity contribution is -0.166. The summed E-state index contributed by atoms with van der Waals surface area (Å²) in [6.07, 6.45) is -3.11. The molecule has 4 bridgehead atoms. The highest BCUT2D eigenvalue weighted by Gasteiger charge is 2.90. The highest BCUT2D eigenvalue weighted by molar-refractivity contribution is 8.78. The van der Waals surface area contributed by atoms with Gasteiger partial charge in [-0.1, -0.05) is 58.0 Å². The molecule has 9 atom stereocenters. The Labute approximate surface area is 279 Å². The lowest BCUT2D eigenvalue weighted by Crippen LogP contribution is -2.77. The molecule has 2 aromatic rings. The van der Waals surface area contributed by atoms with Crippen LogP contribution in [0.1, 0.15) is 24.5 Å². The Morgan fingerprint density at radius 3 is 2.15 bits per heavy atom. The van der Waals surface area contributed by atoms with Crippen LogP contribution >= 0.6 is 43.2 Å². The molecule has 8 fully saturated rings. The first-order valence-electron chi connectivity index (χ1n) is 14.9. The van der Waals surface area contributed by atoms with E-state index in [9.17, 15) is 29.4 Å². The maximum absolute atomic E-state index is 14.7. The zero-order valence-electron chi connectivity index (χ0n) is 24.7. The largest absolute Gasteiger partial charge is 0.392 e. The molecule has 46 heavy (non-hydrogen) atoms. The maximum atomic E-state index is 14.7. The summed E-state index contributed by atoms with van der Waals surface area (Å²) in [5, 5.41) is 31.1. The Hall–Kier alpha value is -2.76.